The average Bonchev–Trinajstić information content (AvgIpc) is 3.30. The molecule has 5 rings (SSSR count). The van der Waals surface area contributed by atoms with Gasteiger partial charge in [0.05, 0.1) is 25.1 Å². The molecule has 2 aliphatic rings. The Hall–Kier alpha value is -2.09. The molecule has 0 radical (unpaired) electrons. The van der Waals surface area contributed by atoms with E-state index < -0.39 is 0 Å². The van der Waals surface area contributed by atoms with Gasteiger partial charge in [0.1, 0.15) is 22.3 Å². The highest BCUT2D eigenvalue weighted by Crippen LogP contribution is 2.39. The molecule has 3 heterocycles. The van der Waals surface area contributed by atoms with Crippen LogP contribution in [0.1, 0.15) is 33.8 Å². The van der Waals surface area contributed by atoms with Crippen molar-refractivity contribution < 1.29 is 9.13 Å². The molecule has 1 aliphatic carbocycles. The smallest absolute Gasteiger partial charge is 0.146 e. The van der Waals surface area contributed by atoms with Gasteiger partial charge in [0.2, 0.25) is 0 Å². The number of anilines is 1. The lowest BCUT2D eigenvalue weighted by Gasteiger charge is -2.25. The topological polar surface area (TPSA) is 50.3 Å². The van der Waals surface area contributed by atoms with E-state index in [-0.39, 0.29) is 5.82 Å². The molecule has 2 aromatic heterocycles. The molecular formula is C22H25FN4OS. The molecule has 7 heteroatoms. The van der Waals surface area contributed by atoms with Crippen molar-refractivity contribution in [1.29, 1.82) is 0 Å². The van der Waals surface area contributed by atoms with Crippen LogP contribution in [0.25, 0.3) is 10.2 Å². The number of benzene rings is 1. The van der Waals surface area contributed by atoms with Crippen molar-refractivity contribution in [3.63, 3.8) is 0 Å². The molecule has 1 saturated heterocycles. The van der Waals surface area contributed by atoms with Crippen LogP contribution in [-0.4, -0.2) is 41.2 Å². The Balaban J connectivity index is 1.46. The Morgan fingerprint density at radius 2 is 2.07 bits per heavy atom. The zero-order chi connectivity index (χ0) is 19.8. The highest BCUT2D eigenvalue weighted by molar-refractivity contribution is 7.19. The fourth-order valence-electron chi connectivity index (χ4n) is 4.20. The van der Waals surface area contributed by atoms with Crippen molar-refractivity contribution in [3.8, 4) is 0 Å². The third kappa shape index (κ3) is 3.86. The predicted octanol–water partition coefficient (Wildman–Crippen LogP) is 4.07. The number of fused-ring (bicyclic) bond motifs is 3. The van der Waals surface area contributed by atoms with Gasteiger partial charge < -0.3 is 10.1 Å². The van der Waals surface area contributed by atoms with Gasteiger partial charge in [0.25, 0.3) is 0 Å². The third-order valence-corrected chi connectivity index (χ3v) is 6.95. The standard InChI is InChI=1S/C22H25FN4OS/c1-14-11-15(5-6-17(14)23)12-24-21-20-16-3-2-4-18(16)29-22(20)26-19(25-21)13-27-7-9-28-10-8-27/h5-6,11H,2-4,7-10,12-13H2,1H3,(H,24,25,26). The summed E-state index contributed by atoms with van der Waals surface area (Å²) in [6.45, 7) is 6.53. The van der Waals surface area contributed by atoms with Crippen molar-refractivity contribution in [2.45, 2.75) is 39.3 Å². The van der Waals surface area contributed by atoms with E-state index in [1.54, 1.807) is 6.92 Å². The van der Waals surface area contributed by atoms with Crippen LogP contribution >= 0.6 is 11.3 Å². The predicted molar refractivity (Wildman–Crippen MR) is 114 cm³/mol. The second-order valence-corrected chi connectivity index (χ2v) is 8.94. The molecule has 1 N–H and O–H groups in total. The van der Waals surface area contributed by atoms with Crippen LogP contribution < -0.4 is 5.32 Å². The van der Waals surface area contributed by atoms with Gasteiger partial charge in [-0.3, -0.25) is 4.90 Å². The van der Waals surface area contributed by atoms with E-state index in [0.717, 1.165) is 67.7 Å². The molecule has 0 spiro atoms. The maximum atomic E-state index is 13.6. The molecule has 5 nitrogen and oxygen atoms in total. The van der Waals surface area contributed by atoms with Crippen LogP contribution in [0.15, 0.2) is 18.2 Å². The van der Waals surface area contributed by atoms with Crippen LogP contribution in [0.2, 0.25) is 0 Å². The first-order valence-corrected chi connectivity index (χ1v) is 11.1. The number of nitrogens with zero attached hydrogens (tertiary/aromatic N) is 3. The minimum absolute atomic E-state index is 0.165. The minimum atomic E-state index is -0.165. The first kappa shape index (κ1) is 18.9. The minimum Gasteiger partial charge on any atom is -0.379 e. The van der Waals surface area contributed by atoms with Gasteiger partial charge in [-0.1, -0.05) is 12.1 Å². The molecule has 0 unspecified atom stereocenters. The highest BCUT2D eigenvalue weighted by Gasteiger charge is 2.23. The van der Waals surface area contributed by atoms with Gasteiger partial charge in [-0.25, -0.2) is 14.4 Å². The van der Waals surface area contributed by atoms with Gasteiger partial charge in [-0.05, 0) is 48.9 Å². The van der Waals surface area contributed by atoms with Gasteiger partial charge in [0.15, 0.2) is 0 Å². The van der Waals surface area contributed by atoms with Crippen molar-refractivity contribution in [1.82, 2.24) is 14.9 Å². The molecule has 3 aromatic rings. The summed E-state index contributed by atoms with van der Waals surface area (Å²) in [4.78, 5) is 14.7. The molecule has 0 atom stereocenters. The maximum absolute atomic E-state index is 13.6. The maximum Gasteiger partial charge on any atom is 0.146 e. The van der Waals surface area contributed by atoms with E-state index >= 15 is 0 Å². The fourth-order valence-corrected chi connectivity index (χ4v) is 5.48. The second-order valence-electron chi connectivity index (χ2n) is 7.85. The summed E-state index contributed by atoms with van der Waals surface area (Å²) in [7, 11) is 0. The number of thiophene rings is 1. The Kier molecular flexibility index (Phi) is 5.20. The Bertz CT molecular complexity index is 1040. The van der Waals surface area contributed by atoms with E-state index in [4.69, 9.17) is 14.7 Å². The van der Waals surface area contributed by atoms with Crippen molar-refractivity contribution in [2.75, 3.05) is 31.6 Å². The summed E-state index contributed by atoms with van der Waals surface area (Å²) in [6.07, 6.45) is 3.46. The van der Waals surface area contributed by atoms with Crippen molar-refractivity contribution >= 4 is 27.4 Å². The van der Waals surface area contributed by atoms with E-state index in [1.807, 2.05) is 23.5 Å². The molecule has 1 aliphatic heterocycles. The number of halogens is 1. The van der Waals surface area contributed by atoms with Gasteiger partial charge in [0, 0.05) is 24.5 Å². The lowest BCUT2D eigenvalue weighted by molar-refractivity contribution is 0.0331. The van der Waals surface area contributed by atoms with Crippen molar-refractivity contribution in [3.05, 3.63) is 51.4 Å². The van der Waals surface area contributed by atoms with Gasteiger partial charge >= 0.3 is 0 Å². The van der Waals surface area contributed by atoms with E-state index in [1.165, 1.54) is 28.3 Å². The number of ether oxygens (including phenoxy) is 1. The third-order valence-electron chi connectivity index (χ3n) is 5.76. The fraction of sp³-hybridized carbons (Fsp3) is 0.455. The number of rotatable bonds is 5. The summed E-state index contributed by atoms with van der Waals surface area (Å²) >= 11 is 1.82. The molecule has 1 aromatic carbocycles. The van der Waals surface area contributed by atoms with Crippen LogP contribution in [0.3, 0.4) is 0 Å². The van der Waals surface area contributed by atoms with E-state index in [9.17, 15) is 4.39 Å². The Morgan fingerprint density at radius 3 is 2.90 bits per heavy atom. The molecule has 0 amide bonds. The lowest BCUT2D eigenvalue weighted by atomic mass is 10.1. The Labute approximate surface area is 173 Å². The van der Waals surface area contributed by atoms with Gasteiger partial charge in [-0.15, -0.1) is 11.3 Å². The highest BCUT2D eigenvalue weighted by atomic mass is 32.1. The SMILES string of the molecule is Cc1cc(CNc2nc(CN3CCOCC3)nc3sc4c(c23)CCC4)ccc1F. The zero-order valence-electron chi connectivity index (χ0n) is 16.6. The summed E-state index contributed by atoms with van der Waals surface area (Å²) < 4.78 is 19.1. The van der Waals surface area contributed by atoms with Gasteiger partial charge in [-0.2, -0.15) is 0 Å². The largest absolute Gasteiger partial charge is 0.379 e. The van der Waals surface area contributed by atoms with Crippen LogP contribution in [-0.2, 0) is 30.7 Å². The zero-order valence-corrected chi connectivity index (χ0v) is 17.4. The molecule has 0 saturated carbocycles. The summed E-state index contributed by atoms with van der Waals surface area (Å²) in [5.74, 6) is 1.61. The average molecular weight is 413 g/mol. The van der Waals surface area contributed by atoms with Crippen molar-refractivity contribution in [2.24, 2.45) is 0 Å². The molecular weight excluding hydrogens is 387 g/mol. The van der Waals surface area contributed by atoms with Crippen LogP contribution in [0.4, 0.5) is 10.2 Å². The molecule has 152 valence electrons. The quantitative estimate of drug-likeness (QED) is 0.685. The number of hydrogen-bond donors (Lipinski definition) is 1. The number of aryl methyl sites for hydroxylation is 3. The molecule has 1 fully saturated rings. The first-order valence-electron chi connectivity index (χ1n) is 10.3. The summed E-state index contributed by atoms with van der Waals surface area (Å²) in [5.41, 5.74) is 3.14. The van der Waals surface area contributed by atoms with Crippen LogP contribution in [0, 0.1) is 12.7 Å². The van der Waals surface area contributed by atoms with E-state index in [2.05, 4.69) is 10.2 Å². The summed E-state index contributed by atoms with van der Waals surface area (Å²) in [6, 6.07) is 5.27. The molecule has 29 heavy (non-hydrogen) atoms. The first-order chi connectivity index (χ1) is 14.2. The monoisotopic (exact) mass is 412 g/mol. The Morgan fingerprint density at radius 1 is 1.21 bits per heavy atom. The summed E-state index contributed by atoms with van der Waals surface area (Å²) in [5, 5.41) is 4.72. The number of hydrogen-bond acceptors (Lipinski definition) is 6. The number of morpholine rings is 1. The molecule has 0 bridgehead atoms. The lowest BCUT2D eigenvalue weighted by Crippen LogP contribution is -2.36. The second kappa shape index (κ2) is 7.97. The number of aromatic nitrogens is 2. The number of nitrogens with one attached hydrogen (secondary N) is 1. The van der Waals surface area contributed by atoms with Crippen LogP contribution in [0.5, 0.6) is 0 Å². The van der Waals surface area contributed by atoms with E-state index in [0.29, 0.717) is 12.1 Å². The normalized spacial score (nSPS) is 17.0.